The second kappa shape index (κ2) is 11.8. The van der Waals surface area contributed by atoms with Crippen LogP contribution in [0.5, 0.6) is 0 Å². The van der Waals surface area contributed by atoms with Crippen LogP contribution in [-0.2, 0) is 25.5 Å². The van der Waals surface area contributed by atoms with E-state index in [1.54, 1.807) is 0 Å². The molecule has 240 valence electrons. The molecule has 5 heterocycles. The Morgan fingerprint density at radius 1 is 1.00 bits per heavy atom. The van der Waals surface area contributed by atoms with Gasteiger partial charge in [-0.1, -0.05) is 26.5 Å². The highest BCUT2D eigenvalue weighted by molar-refractivity contribution is 6.24. The topological polar surface area (TPSA) is 149 Å². The molecule has 46 heavy (non-hydrogen) atoms. The standard InChI is InChI=1S/C36H40N4O6/c1-8-20-16(3)23-12-25-18(5)22(10-11-29(42)45-7)33(39-25)31-32(36(44)46-15-41)35(43)30-19(6)26(40-34(30)31)14-28-21(9-2)17(4)24(38-28)13-27(20)37-23/h8,12-14,18,22,32,37-41H,1,9-11,15H2,2-7H3/b24-13-,25-12-,28-14-,33-31-/t18-,22-,32+/m0/s1. The van der Waals surface area contributed by atoms with Gasteiger partial charge in [0, 0.05) is 74.1 Å². The van der Waals surface area contributed by atoms with Crippen LogP contribution in [0.3, 0.4) is 0 Å². The van der Waals surface area contributed by atoms with Crippen molar-refractivity contribution >= 4 is 47.6 Å². The fourth-order valence-corrected chi connectivity index (χ4v) is 7.40. The molecule has 3 aromatic heterocycles. The average molecular weight is 625 g/mol. The van der Waals surface area contributed by atoms with E-state index in [2.05, 4.69) is 59.8 Å². The lowest BCUT2D eigenvalue weighted by atomic mass is 9.85. The summed E-state index contributed by atoms with van der Waals surface area (Å²) in [5, 5.41) is 15.0. The Balaban J connectivity index is 1.71. The van der Waals surface area contributed by atoms with E-state index in [1.807, 2.05) is 26.0 Å². The minimum atomic E-state index is -1.28. The number of aromatic nitrogens is 3. The first-order valence-corrected chi connectivity index (χ1v) is 15.6. The zero-order valence-corrected chi connectivity index (χ0v) is 27.1. The van der Waals surface area contributed by atoms with Crippen molar-refractivity contribution in [1.29, 1.82) is 0 Å². The maximum Gasteiger partial charge on any atom is 0.323 e. The van der Waals surface area contributed by atoms with Crippen molar-refractivity contribution < 1.29 is 29.0 Å². The van der Waals surface area contributed by atoms with Gasteiger partial charge in [0.15, 0.2) is 12.6 Å². The number of hydrogen-bond acceptors (Lipinski definition) is 7. The van der Waals surface area contributed by atoms with Crippen LogP contribution in [0, 0.1) is 38.5 Å². The molecule has 1 fully saturated rings. The fourth-order valence-electron chi connectivity index (χ4n) is 7.40. The lowest BCUT2D eigenvalue weighted by Gasteiger charge is -2.19. The molecule has 0 saturated carbocycles. The van der Waals surface area contributed by atoms with E-state index < -0.39 is 24.5 Å². The zero-order chi connectivity index (χ0) is 33.0. The molecule has 2 aliphatic heterocycles. The third-order valence-electron chi connectivity index (χ3n) is 9.97. The van der Waals surface area contributed by atoms with Crippen LogP contribution >= 0.6 is 0 Å². The van der Waals surface area contributed by atoms with Crippen molar-refractivity contribution in [2.45, 2.75) is 53.9 Å². The Hall–Kier alpha value is -4.83. The SMILES string of the molecule is C=Cc1c2[nH]c(c1C)/C=C1\N/C(=C3\c4[nH]c(c(C)c4C(=O)[C@@H]3C(=O)OCO)/C=c3\[nH]/c(c(C)c3CC)=C\2)[C@@H](CCC(=O)OC)[C@@H]1C. The molecule has 0 unspecified atom stereocenters. The van der Waals surface area contributed by atoms with Gasteiger partial charge in [0.05, 0.1) is 12.8 Å². The Morgan fingerprint density at radius 3 is 2.39 bits per heavy atom. The highest BCUT2D eigenvalue weighted by Crippen LogP contribution is 2.48. The van der Waals surface area contributed by atoms with Gasteiger partial charge in [-0.05, 0) is 74.1 Å². The number of carbonyl (C=O) groups excluding carboxylic acids is 3. The Kier molecular flexibility index (Phi) is 8.02. The Labute approximate surface area is 267 Å². The molecule has 0 aromatic carbocycles. The number of methoxy groups -OCH3 is 1. The number of H-pyrrole nitrogens is 3. The minimum absolute atomic E-state index is 0.110. The second-order valence-corrected chi connectivity index (χ2v) is 12.3. The summed E-state index contributed by atoms with van der Waals surface area (Å²) < 4.78 is 10.00. The lowest BCUT2D eigenvalue weighted by Crippen LogP contribution is -2.26. The van der Waals surface area contributed by atoms with Crippen LogP contribution in [-0.4, -0.2) is 51.7 Å². The number of hydrogen-bond donors (Lipinski definition) is 5. The molecule has 0 radical (unpaired) electrons. The summed E-state index contributed by atoms with van der Waals surface area (Å²) in [7, 11) is 1.36. The van der Waals surface area contributed by atoms with E-state index in [4.69, 9.17) is 9.47 Å². The summed E-state index contributed by atoms with van der Waals surface area (Å²) in [6.45, 7) is 13.4. The molecule has 6 rings (SSSR count). The largest absolute Gasteiger partial charge is 0.469 e. The van der Waals surface area contributed by atoms with Gasteiger partial charge in [0.2, 0.25) is 0 Å². The number of aliphatic hydroxyl groups is 1. The predicted octanol–water partition coefficient (Wildman–Crippen LogP) is 3.64. The number of ketones is 1. The molecule has 0 spiro atoms. The zero-order valence-electron chi connectivity index (χ0n) is 27.1. The molecule has 10 heteroatoms. The number of rotatable bonds is 7. The van der Waals surface area contributed by atoms with Gasteiger partial charge in [-0.2, -0.15) is 0 Å². The van der Waals surface area contributed by atoms with Crippen LogP contribution in [0.15, 0.2) is 18.0 Å². The van der Waals surface area contributed by atoms with Crippen LogP contribution in [0.2, 0.25) is 0 Å². The molecule has 3 atom stereocenters. The van der Waals surface area contributed by atoms with Gasteiger partial charge >= 0.3 is 11.9 Å². The average Bonchev–Trinajstić information content (AvgIpc) is 3.77. The first kappa shape index (κ1) is 31.2. The summed E-state index contributed by atoms with van der Waals surface area (Å²) in [4.78, 5) is 50.5. The molecule has 0 amide bonds. The van der Waals surface area contributed by atoms with Crippen LogP contribution in [0.4, 0.5) is 0 Å². The first-order valence-electron chi connectivity index (χ1n) is 15.6. The second-order valence-electron chi connectivity index (χ2n) is 12.3. The van der Waals surface area contributed by atoms with E-state index in [1.165, 1.54) is 7.11 Å². The number of aliphatic hydroxyl groups excluding tert-OH is 1. The van der Waals surface area contributed by atoms with E-state index >= 15 is 0 Å². The van der Waals surface area contributed by atoms with E-state index in [9.17, 15) is 19.5 Å². The third kappa shape index (κ3) is 4.79. The van der Waals surface area contributed by atoms with E-state index in [0.717, 1.165) is 62.2 Å². The molecule has 1 aliphatic carbocycles. The molecule has 10 nitrogen and oxygen atoms in total. The lowest BCUT2D eigenvalue weighted by molar-refractivity contribution is -0.153. The third-order valence-corrected chi connectivity index (χ3v) is 9.97. The number of nitrogens with one attached hydrogen (secondary N) is 4. The van der Waals surface area contributed by atoms with Crippen LogP contribution < -0.4 is 16.0 Å². The van der Waals surface area contributed by atoms with Crippen LogP contribution in [0.25, 0.3) is 29.9 Å². The molecular weight excluding hydrogens is 584 g/mol. The number of Topliss-reactive ketones (excluding diaryl/α,β-unsaturated/α-hetero) is 1. The van der Waals surface area contributed by atoms with Crippen molar-refractivity contribution in [1.82, 2.24) is 20.3 Å². The fraction of sp³-hybridized carbons (Fsp3) is 0.361. The highest BCUT2D eigenvalue weighted by atomic mass is 16.6. The Morgan fingerprint density at radius 2 is 1.72 bits per heavy atom. The molecule has 5 N–H and O–H groups in total. The van der Waals surface area contributed by atoms with Gasteiger partial charge < -0.3 is 34.8 Å². The van der Waals surface area contributed by atoms with Crippen molar-refractivity contribution in [2.24, 2.45) is 17.8 Å². The molecular formula is C36H40N4O6. The number of esters is 2. The van der Waals surface area contributed by atoms with Gasteiger partial charge in [0.1, 0.15) is 5.92 Å². The quantitative estimate of drug-likeness (QED) is 0.153. The van der Waals surface area contributed by atoms with Gasteiger partial charge in [-0.3, -0.25) is 14.4 Å². The predicted molar refractivity (Wildman–Crippen MR) is 175 cm³/mol. The molecule has 3 aromatic rings. The maximum absolute atomic E-state index is 14.1. The molecule has 8 bridgehead atoms. The molecule has 3 aliphatic rings. The summed E-state index contributed by atoms with van der Waals surface area (Å²) >= 11 is 0. The highest BCUT2D eigenvalue weighted by Gasteiger charge is 2.48. The number of allylic oxidation sites excluding steroid dienone is 2. The summed E-state index contributed by atoms with van der Waals surface area (Å²) in [6, 6.07) is 0. The van der Waals surface area contributed by atoms with Crippen molar-refractivity contribution in [3.63, 3.8) is 0 Å². The number of carbonyl (C=O) groups is 3. The van der Waals surface area contributed by atoms with Gasteiger partial charge in [-0.25, -0.2) is 0 Å². The number of fused-ring (bicyclic) bond motifs is 7. The summed E-state index contributed by atoms with van der Waals surface area (Å²) in [6.07, 6.45) is 9.41. The summed E-state index contributed by atoms with van der Waals surface area (Å²) in [5.41, 5.74) is 10.6. The van der Waals surface area contributed by atoms with Crippen molar-refractivity contribution in [3.8, 4) is 0 Å². The molecule has 1 saturated heterocycles. The normalized spacial score (nSPS) is 23.9. The van der Waals surface area contributed by atoms with Gasteiger partial charge in [-0.15, -0.1) is 0 Å². The number of aromatic amines is 3. The maximum atomic E-state index is 14.1. The number of ether oxygens (including phenoxy) is 2. The van der Waals surface area contributed by atoms with Gasteiger partial charge in [0.25, 0.3) is 0 Å². The van der Waals surface area contributed by atoms with Crippen molar-refractivity contribution in [2.75, 3.05) is 13.9 Å². The Bertz CT molecular complexity index is 2000. The smallest absolute Gasteiger partial charge is 0.323 e. The van der Waals surface area contributed by atoms with E-state index in [0.29, 0.717) is 34.5 Å². The minimum Gasteiger partial charge on any atom is -0.469 e. The van der Waals surface area contributed by atoms with E-state index in [-0.39, 0.29) is 24.2 Å². The van der Waals surface area contributed by atoms with Crippen molar-refractivity contribution in [3.05, 3.63) is 84.8 Å². The van der Waals surface area contributed by atoms with Crippen LogP contribution in [0.1, 0.15) is 87.6 Å². The monoisotopic (exact) mass is 624 g/mol. The first-order chi connectivity index (χ1) is 22.0. The summed E-state index contributed by atoms with van der Waals surface area (Å²) in [5.74, 6) is -3.21.